The topological polar surface area (TPSA) is 52.7 Å². The van der Waals surface area contributed by atoms with Crippen LogP contribution in [0.4, 0.5) is 0 Å². The van der Waals surface area contributed by atoms with Gasteiger partial charge in [0.15, 0.2) is 0 Å². The van der Waals surface area contributed by atoms with Crippen molar-refractivity contribution in [2.45, 2.75) is 63.4 Å². The van der Waals surface area contributed by atoms with Gasteiger partial charge in [0.25, 0.3) is 0 Å². The van der Waals surface area contributed by atoms with Crippen LogP contribution in [0, 0.1) is 0 Å². The van der Waals surface area contributed by atoms with Crippen molar-refractivity contribution in [2.75, 3.05) is 25.9 Å². The molecule has 0 aromatic heterocycles. The number of hydrogen-bond acceptors (Lipinski definition) is 4. The zero-order valence-corrected chi connectivity index (χ0v) is 18.0. The Hall–Kier alpha value is -1.53. The lowest BCUT2D eigenvalue weighted by Gasteiger charge is -2.24. The van der Waals surface area contributed by atoms with Gasteiger partial charge in [-0.1, -0.05) is 31.2 Å². The first-order chi connectivity index (χ1) is 13.6. The summed E-state index contributed by atoms with van der Waals surface area (Å²) in [5.74, 6) is 1.47. The molecule has 2 aliphatic rings. The van der Waals surface area contributed by atoms with Crippen LogP contribution in [0.5, 0.6) is 0 Å². The normalized spacial score (nSPS) is 22.2. The van der Waals surface area contributed by atoms with Crippen molar-refractivity contribution in [2.24, 2.45) is 0 Å². The van der Waals surface area contributed by atoms with Crippen molar-refractivity contribution in [3.8, 4) is 0 Å². The third kappa shape index (κ3) is 5.74. The van der Waals surface area contributed by atoms with Crippen LogP contribution in [0.3, 0.4) is 0 Å². The molecule has 3 rings (SSSR count). The molecule has 0 spiro atoms. The molecule has 1 aliphatic heterocycles. The summed E-state index contributed by atoms with van der Waals surface area (Å²) in [6.45, 7) is 4.66. The number of benzene rings is 1. The van der Waals surface area contributed by atoms with Crippen LogP contribution >= 0.6 is 11.8 Å². The van der Waals surface area contributed by atoms with E-state index in [9.17, 15) is 9.59 Å². The molecule has 6 heteroatoms. The first-order valence-electron chi connectivity index (χ1n) is 10.5. The van der Waals surface area contributed by atoms with Gasteiger partial charge in [-0.25, -0.2) is 0 Å². The molecule has 1 N–H and O–H groups in total. The molecule has 2 amide bonds. The Kier molecular flexibility index (Phi) is 7.80. The minimum Gasteiger partial charge on any atom is -0.351 e. The van der Waals surface area contributed by atoms with E-state index in [-0.39, 0.29) is 11.8 Å². The number of likely N-dealkylation sites (tertiary alicyclic amines) is 1. The maximum atomic E-state index is 12.5. The Morgan fingerprint density at radius 1 is 1.29 bits per heavy atom. The summed E-state index contributed by atoms with van der Waals surface area (Å²) >= 11 is 2.05. The molecule has 2 fully saturated rings. The highest BCUT2D eigenvalue weighted by Gasteiger charge is 2.28. The van der Waals surface area contributed by atoms with Crippen molar-refractivity contribution in [3.05, 3.63) is 35.4 Å². The van der Waals surface area contributed by atoms with Gasteiger partial charge in [0.1, 0.15) is 0 Å². The Morgan fingerprint density at radius 3 is 2.79 bits per heavy atom. The zero-order valence-electron chi connectivity index (χ0n) is 17.2. The van der Waals surface area contributed by atoms with Crippen LogP contribution in [0.2, 0.25) is 0 Å². The second-order valence-corrected chi connectivity index (χ2v) is 9.50. The summed E-state index contributed by atoms with van der Waals surface area (Å²) in [7, 11) is 2.07. The fourth-order valence-corrected chi connectivity index (χ4v) is 5.40. The third-order valence-electron chi connectivity index (χ3n) is 5.90. The van der Waals surface area contributed by atoms with Gasteiger partial charge in [-0.15, -0.1) is 0 Å². The van der Waals surface area contributed by atoms with Gasteiger partial charge in [-0.05, 0) is 49.6 Å². The van der Waals surface area contributed by atoms with Crippen molar-refractivity contribution in [3.63, 3.8) is 0 Å². The number of rotatable bonds is 9. The van der Waals surface area contributed by atoms with Gasteiger partial charge >= 0.3 is 0 Å². The minimum atomic E-state index is 0.0705. The number of likely N-dealkylation sites (N-methyl/N-ethyl adjacent to an activating group) is 1. The Bertz CT molecular complexity index is 682. The average molecular weight is 404 g/mol. The van der Waals surface area contributed by atoms with Crippen molar-refractivity contribution < 1.29 is 9.59 Å². The van der Waals surface area contributed by atoms with E-state index in [4.69, 9.17) is 0 Å². The molecule has 1 aromatic carbocycles. The van der Waals surface area contributed by atoms with Crippen LogP contribution < -0.4 is 5.32 Å². The van der Waals surface area contributed by atoms with Gasteiger partial charge in [0, 0.05) is 37.3 Å². The van der Waals surface area contributed by atoms with Gasteiger partial charge in [0.2, 0.25) is 11.8 Å². The van der Waals surface area contributed by atoms with E-state index >= 15 is 0 Å². The maximum Gasteiger partial charge on any atom is 0.234 e. The molecule has 1 saturated carbocycles. The lowest BCUT2D eigenvalue weighted by atomic mass is 10.1. The van der Waals surface area contributed by atoms with Crippen LogP contribution in [-0.2, 0) is 22.7 Å². The summed E-state index contributed by atoms with van der Waals surface area (Å²) < 4.78 is 0. The Labute approximate surface area is 173 Å². The fraction of sp³-hybridized carbons (Fsp3) is 0.636. The molecule has 1 saturated heterocycles. The van der Waals surface area contributed by atoms with Crippen LogP contribution in [0.1, 0.15) is 50.2 Å². The molecule has 28 heavy (non-hydrogen) atoms. The van der Waals surface area contributed by atoms with Gasteiger partial charge in [-0.2, -0.15) is 11.8 Å². The third-order valence-corrected chi connectivity index (χ3v) is 7.14. The van der Waals surface area contributed by atoms with Gasteiger partial charge in [0.05, 0.1) is 6.54 Å². The van der Waals surface area contributed by atoms with E-state index in [0.717, 1.165) is 29.3 Å². The molecule has 0 unspecified atom stereocenters. The summed E-state index contributed by atoms with van der Waals surface area (Å²) in [5.41, 5.74) is 2.22. The Balaban J connectivity index is 1.47. The number of nitrogens with zero attached hydrogens (tertiary/aromatic N) is 2. The number of carbonyl (C=O) groups is 2. The second kappa shape index (κ2) is 10.3. The molecule has 2 atom stereocenters. The molecular weight excluding hydrogens is 370 g/mol. The first kappa shape index (κ1) is 21.2. The van der Waals surface area contributed by atoms with E-state index in [2.05, 4.69) is 30.3 Å². The van der Waals surface area contributed by atoms with Crippen LogP contribution in [-0.4, -0.2) is 58.8 Å². The first-order valence-corrected chi connectivity index (χ1v) is 11.5. The molecular formula is C22H33N3O2S. The molecule has 1 aliphatic carbocycles. The molecule has 0 radical (unpaired) electrons. The lowest BCUT2D eigenvalue weighted by molar-refractivity contribution is -0.128. The SMILES string of the molecule is CCS[C@@H]1CC[C@@H](N(C)CC(=O)NCc2ccccc2CN2CCCC2=O)C1. The Morgan fingerprint density at radius 2 is 2.07 bits per heavy atom. The molecule has 1 aromatic rings. The number of thioether (sulfide) groups is 1. The minimum absolute atomic E-state index is 0.0705. The molecule has 154 valence electrons. The monoisotopic (exact) mass is 403 g/mol. The quantitative estimate of drug-likeness (QED) is 0.689. The number of carbonyl (C=O) groups excluding carboxylic acids is 2. The summed E-state index contributed by atoms with van der Waals surface area (Å²) in [4.78, 5) is 28.5. The van der Waals surface area contributed by atoms with Crippen molar-refractivity contribution in [1.29, 1.82) is 0 Å². The molecule has 1 heterocycles. The van der Waals surface area contributed by atoms with E-state index in [1.165, 1.54) is 25.0 Å². The van der Waals surface area contributed by atoms with Crippen molar-refractivity contribution in [1.82, 2.24) is 15.1 Å². The number of hydrogen-bond donors (Lipinski definition) is 1. The second-order valence-electron chi connectivity index (χ2n) is 7.92. The lowest BCUT2D eigenvalue weighted by Crippen LogP contribution is -2.39. The summed E-state index contributed by atoms with van der Waals surface area (Å²) in [5, 5.41) is 3.83. The van der Waals surface area contributed by atoms with Crippen LogP contribution in [0.15, 0.2) is 24.3 Å². The largest absolute Gasteiger partial charge is 0.351 e. The number of amides is 2. The average Bonchev–Trinajstić information content (AvgIpc) is 3.31. The van der Waals surface area contributed by atoms with Gasteiger partial charge in [-0.3, -0.25) is 14.5 Å². The number of nitrogens with one attached hydrogen (secondary N) is 1. The standard InChI is InChI=1S/C22H33N3O2S/c1-3-28-20-11-10-19(13-20)24(2)16-21(26)23-14-17-7-4-5-8-18(17)15-25-12-6-9-22(25)27/h4-5,7-8,19-20H,3,6,9-16H2,1-2H3,(H,23,26)/t19-,20-/m1/s1. The van der Waals surface area contributed by atoms with E-state index in [1.54, 1.807) is 0 Å². The summed E-state index contributed by atoms with van der Waals surface area (Å²) in [6, 6.07) is 8.61. The van der Waals surface area contributed by atoms with E-state index in [1.807, 2.05) is 34.9 Å². The highest BCUT2D eigenvalue weighted by atomic mass is 32.2. The fourth-order valence-electron chi connectivity index (χ4n) is 4.27. The van der Waals surface area contributed by atoms with Gasteiger partial charge < -0.3 is 10.2 Å². The van der Waals surface area contributed by atoms with E-state index < -0.39 is 0 Å². The predicted molar refractivity (Wildman–Crippen MR) is 115 cm³/mol. The van der Waals surface area contributed by atoms with Crippen LogP contribution in [0.25, 0.3) is 0 Å². The maximum absolute atomic E-state index is 12.5. The summed E-state index contributed by atoms with van der Waals surface area (Å²) in [6.07, 6.45) is 5.24. The molecule has 5 nitrogen and oxygen atoms in total. The van der Waals surface area contributed by atoms with Crippen molar-refractivity contribution >= 4 is 23.6 Å². The zero-order chi connectivity index (χ0) is 19.9. The highest BCUT2D eigenvalue weighted by Crippen LogP contribution is 2.32. The predicted octanol–water partition coefficient (Wildman–Crippen LogP) is 3.03. The smallest absolute Gasteiger partial charge is 0.234 e. The highest BCUT2D eigenvalue weighted by molar-refractivity contribution is 7.99. The molecule has 0 bridgehead atoms. The van der Waals surface area contributed by atoms with E-state index in [0.29, 0.717) is 32.1 Å².